The van der Waals surface area contributed by atoms with Crippen molar-refractivity contribution in [2.45, 2.75) is 64.2 Å². The van der Waals surface area contributed by atoms with E-state index in [1.165, 1.54) is 12.8 Å². The molecule has 6 nitrogen and oxygen atoms in total. The Bertz CT molecular complexity index is 611. The standard InChI is InChI=1S/C20H31N3O3/c1-20(2,3)26-19-6-4-5-15(22-19)7-10-18(24)21-13-17-14-23(11-12-25-17)16-8-9-16/h4-6,16-17H,7-14H2,1-3H3,(H,21,24). The third-order valence-corrected chi connectivity index (χ3v) is 4.56. The summed E-state index contributed by atoms with van der Waals surface area (Å²) < 4.78 is 11.6. The van der Waals surface area contributed by atoms with Crippen LogP contribution in [0.15, 0.2) is 18.2 Å². The Morgan fingerprint density at radius 1 is 1.38 bits per heavy atom. The molecular weight excluding hydrogens is 330 g/mol. The number of morpholine rings is 1. The Kier molecular flexibility index (Phi) is 6.14. The summed E-state index contributed by atoms with van der Waals surface area (Å²) in [7, 11) is 0. The minimum Gasteiger partial charge on any atom is -0.472 e. The molecule has 0 radical (unpaired) electrons. The molecular formula is C20H31N3O3. The molecule has 0 bridgehead atoms. The van der Waals surface area contributed by atoms with Gasteiger partial charge in [0, 0.05) is 43.9 Å². The van der Waals surface area contributed by atoms with Crippen molar-refractivity contribution in [2.24, 2.45) is 0 Å². The van der Waals surface area contributed by atoms with E-state index in [1.54, 1.807) is 0 Å². The van der Waals surface area contributed by atoms with Crippen LogP contribution in [0.25, 0.3) is 0 Å². The number of aryl methyl sites for hydroxylation is 1. The van der Waals surface area contributed by atoms with Crippen molar-refractivity contribution >= 4 is 5.91 Å². The number of nitrogens with one attached hydrogen (secondary N) is 1. The zero-order valence-corrected chi connectivity index (χ0v) is 16.2. The average molecular weight is 361 g/mol. The molecule has 1 N–H and O–H groups in total. The number of ether oxygens (including phenoxy) is 2. The quantitative estimate of drug-likeness (QED) is 0.806. The lowest BCUT2D eigenvalue weighted by atomic mass is 10.2. The second kappa shape index (κ2) is 8.35. The van der Waals surface area contributed by atoms with Gasteiger partial charge >= 0.3 is 0 Å². The highest BCUT2D eigenvalue weighted by molar-refractivity contribution is 5.76. The van der Waals surface area contributed by atoms with Gasteiger partial charge in [-0.25, -0.2) is 4.98 Å². The van der Waals surface area contributed by atoms with Gasteiger partial charge in [-0.3, -0.25) is 9.69 Å². The number of aromatic nitrogens is 1. The molecule has 3 rings (SSSR count). The average Bonchev–Trinajstić information content (AvgIpc) is 3.42. The highest BCUT2D eigenvalue weighted by Gasteiger charge is 2.32. The fraction of sp³-hybridized carbons (Fsp3) is 0.700. The highest BCUT2D eigenvalue weighted by atomic mass is 16.5. The van der Waals surface area contributed by atoms with Crippen molar-refractivity contribution < 1.29 is 14.3 Å². The SMILES string of the molecule is CC(C)(C)Oc1cccc(CCC(=O)NCC2CN(C3CC3)CCO2)n1. The molecule has 144 valence electrons. The summed E-state index contributed by atoms with van der Waals surface area (Å²) in [6.07, 6.45) is 3.75. The molecule has 1 unspecified atom stereocenters. The van der Waals surface area contributed by atoms with Crippen LogP contribution in [0.5, 0.6) is 5.88 Å². The largest absolute Gasteiger partial charge is 0.472 e. The fourth-order valence-electron chi connectivity index (χ4n) is 3.16. The highest BCUT2D eigenvalue weighted by Crippen LogP contribution is 2.28. The molecule has 2 heterocycles. The molecule has 1 amide bonds. The Hall–Kier alpha value is -1.66. The minimum absolute atomic E-state index is 0.0427. The topological polar surface area (TPSA) is 63.7 Å². The van der Waals surface area contributed by atoms with Gasteiger partial charge in [-0.2, -0.15) is 0 Å². The van der Waals surface area contributed by atoms with Crippen molar-refractivity contribution in [1.82, 2.24) is 15.2 Å². The van der Waals surface area contributed by atoms with E-state index in [1.807, 2.05) is 39.0 Å². The first-order valence-electron chi connectivity index (χ1n) is 9.66. The molecule has 1 saturated heterocycles. The van der Waals surface area contributed by atoms with Crippen molar-refractivity contribution in [3.63, 3.8) is 0 Å². The van der Waals surface area contributed by atoms with Gasteiger partial charge in [-0.15, -0.1) is 0 Å². The predicted octanol–water partition coefficient (Wildman–Crippen LogP) is 2.17. The molecule has 1 aromatic rings. The summed E-state index contributed by atoms with van der Waals surface area (Å²) in [6.45, 7) is 9.28. The third kappa shape index (κ3) is 6.25. The van der Waals surface area contributed by atoms with Crippen molar-refractivity contribution in [2.75, 3.05) is 26.2 Å². The van der Waals surface area contributed by atoms with Crippen LogP contribution in [0.4, 0.5) is 0 Å². The van der Waals surface area contributed by atoms with E-state index < -0.39 is 0 Å². The minimum atomic E-state index is -0.280. The van der Waals surface area contributed by atoms with Crippen molar-refractivity contribution in [1.29, 1.82) is 0 Å². The van der Waals surface area contributed by atoms with E-state index in [-0.39, 0.29) is 17.6 Å². The van der Waals surface area contributed by atoms with Crippen LogP contribution in [0.2, 0.25) is 0 Å². The predicted molar refractivity (Wildman–Crippen MR) is 100 cm³/mol. The summed E-state index contributed by atoms with van der Waals surface area (Å²) in [5.74, 6) is 0.646. The van der Waals surface area contributed by atoms with E-state index in [2.05, 4.69) is 15.2 Å². The monoisotopic (exact) mass is 361 g/mol. The number of nitrogens with zero attached hydrogens (tertiary/aromatic N) is 2. The summed E-state index contributed by atoms with van der Waals surface area (Å²) in [6, 6.07) is 6.45. The number of rotatable bonds is 7. The van der Waals surface area contributed by atoms with Crippen LogP contribution < -0.4 is 10.1 Å². The zero-order chi connectivity index (χ0) is 18.6. The summed E-state index contributed by atoms with van der Waals surface area (Å²) in [5.41, 5.74) is 0.591. The van der Waals surface area contributed by atoms with Crippen LogP contribution >= 0.6 is 0 Å². The van der Waals surface area contributed by atoms with E-state index in [9.17, 15) is 4.79 Å². The second-order valence-electron chi connectivity index (χ2n) is 8.20. The van der Waals surface area contributed by atoms with Gasteiger partial charge in [-0.05, 0) is 46.1 Å². The lowest BCUT2D eigenvalue weighted by Gasteiger charge is -2.33. The van der Waals surface area contributed by atoms with Gasteiger partial charge in [0.1, 0.15) is 5.60 Å². The van der Waals surface area contributed by atoms with Gasteiger partial charge in [0.05, 0.1) is 12.7 Å². The Morgan fingerprint density at radius 3 is 2.92 bits per heavy atom. The maximum Gasteiger partial charge on any atom is 0.220 e. The maximum atomic E-state index is 12.2. The fourth-order valence-corrected chi connectivity index (χ4v) is 3.16. The molecule has 1 aliphatic heterocycles. The van der Waals surface area contributed by atoms with E-state index in [4.69, 9.17) is 9.47 Å². The van der Waals surface area contributed by atoms with Crippen LogP contribution in [-0.2, 0) is 16.0 Å². The van der Waals surface area contributed by atoms with Crippen LogP contribution in [0.1, 0.15) is 45.7 Å². The van der Waals surface area contributed by atoms with E-state index in [0.29, 0.717) is 25.3 Å². The number of carbonyl (C=O) groups is 1. The number of amides is 1. The lowest BCUT2D eigenvalue weighted by molar-refractivity contribution is -0.122. The molecule has 2 fully saturated rings. The summed E-state index contributed by atoms with van der Waals surface area (Å²) in [5, 5.41) is 3.01. The molecule has 1 aliphatic carbocycles. The zero-order valence-electron chi connectivity index (χ0n) is 16.2. The number of pyridine rings is 1. The molecule has 1 saturated carbocycles. The molecule has 6 heteroatoms. The van der Waals surface area contributed by atoms with Gasteiger partial charge in [0.2, 0.25) is 11.8 Å². The van der Waals surface area contributed by atoms with Gasteiger partial charge < -0.3 is 14.8 Å². The second-order valence-corrected chi connectivity index (χ2v) is 8.20. The van der Waals surface area contributed by atoms with Crippen LogP contribution in [0, 0.1) is 0 Å². The van der Waals surface area contributed by atoms with Gasteiger partial charge in [-0.1, -0.05) is 6.07 Å². The van der Waals surface area contributed by atoms with Crippen molar-refractivity contribution in [3.8, 4) is 5.88 Å². The van der Waals surface area contributed by atoms with Gasteiger partial charge in [0.15, 0.2) is 0 Å². The molecule has 1 atom stereocenters. The van der Waals surface area contributed by atoms with E-state index >= 15 is 0 Å². The number of hydrogen-bond acceptors (Lipinski definition) is 5. The maximum absolute atomic E-state index is 12.2. The number of carbonyl (C=O) groups excluding carboxylic acids is 1. The normalized spacial score (nSPS) is 21.4. The molecule has 0 aromatic carbocycles. The molecule has 26 heavy (non-hydrogen) atoms. The third-order valence-electron chi connectivity index (χ3n) is 4.56. The Balaban J connectivity index is 1.39. The first-order chi connectivity index (χ1) is 12.4. The molecule has 2 aliphatic rings. The molecule has 1 aromatic heterocycles. The van der Waals surface area contributed by atoms with Crippen molar-refractivity contribution in [3.05, 3.63) is 23.9 Å². The Morgan fingerprint density at radius 2 is 2.19 bits per heavy atom. The van der Waals surface area contributed by atoms with Gasteiger partial charge in [0.25, 0.3) is 0 Å². The smallest absolute Gasteiger partial charge is 0.220 e. The first-order valence-corrected chi connectivity index (χ1v) is 9.66. The summed E-state index contributed by atoms with van der Waals surface area (Å²) >= 11 is 0. The lowest BCUT2D eigenvalue weighted by Crippen LogP contribution is -2.48. The Labute approximate surface area is 156 Å². The molecule has 0 spiro atoms. The summed E-state index contributed by atoms with van der Waals surface area (Å²) in [4.78, 5) is 19.1. The van der Waals surface area contributed by atoms with Crippen LogP contribution in [-0.4, -0.2) is 59.8 Å². The number of hydrogen-bond donors (Lipinski definition) is 1. The van der Waals surface area contributed by atoms with Crippen LogP contribution in [0.3, 0.4) is 0 Å². The first kappa shape index (κ1) is 19.1. The van der Waals surface area contributed by atoms with E-state index in [0.717, 1.165) is 31.4 Å².